The Morgan fingerprint density at radius 2 is 2.38 bits per heavy atom. The second kappa shape index (κ2) is 4.54. The van der Waals surface area contributed by atoms with Crippen molar-refractivity contribution in [1.29, 1.82) is 5.26 Å². The van der Waals surface area contributed by atoms with Gasteiger partial charge in [0.1, 0.15) is 16.9 Å². The lowest BCUT2D eigenvalue weighted by atomic mass is 10.1. The van der Waals surface area contributed by atoms with Gasteiger partial charge in [-0.2, -0.15) is 5.26 Å². The molecule has 0 fully saturated rings. The smallest absolute Gasteiger partial charge is 0.149 e. The number of aromatic nitrogens is 1. The fraction of sp³-hybridized carbons (Fsp3) is 0.333. The zero-order valence-electron chi connectivity index (χ0n) is 9.07. The van der Waals surface area contributed by atoms with Crippen LogP contribution >= 0.6 is 11.6 Å². The van der Waals surface area contributed by atoms with Crippen LogP contribution in [0.5, 0.6) is 0 Å². The first kappa shape index (κ1) is 11.0. The van der Waals surface area contributed by atoms with Crippen LogP contribution in [0.25, 0.3) is 0 Å². The Morgan fingerprint density at radius 3 is 3.06 bits per heavy atom. The summed E-state index contributed by atoms with van der Waals surface area (Å²) >= 11 is 6.14. The van der Waals surface area contributed by atoms with E-state index in [-0.39, 0.29) is 0 Å². The highest BCUT2D eigenvalue weighted by Crippen LogP contribution is 2.28. The second-order valence-electron chi connectivity index (χ2n) is 3.87. The summed E-state index contributed by atoms with van der Waals surface area (Å²) in [7, 11) is 0. The van der Waals surface area contributed by atoms with Crippen LogP contribution in [0.15, 0.2) is 23.9 Å². The van der Waals surface area contributed by atoms with E-state index in [9.17, 15) is 0 Å². The van der Waals surface area contributed by atoms with Gasteiger partial charge >= 0.3 is 0 Å². The molecule has 1 aliphatic heterocycles. The Kier molecular flexibility index (Phi) is 3.12. The maximum absolute atomic E-state index is 8.90. The van der Waals surface area contributed by atoms with Crippen LogP contribution in [-0.2, 0) is 0 Å². The maximum Gasteiger partial charge on any atom is 0.149 e. The number of pyridine rings is 1. The third-order valence-electron chi connectivity index (χ3n) is 2.62. The molecule has 2 rings (SSSR count). The number of rotatable bonds is 1. The monoisotopic (exact) mass is 233 g/mol. The van der Waals surface area contributed by atoms with E-state index in [0.29, 0.717) is 16.4 Å². The number of hydrogen-bond acceptors (Lipinski definition) is 3. The van der Waals surface area contributed by atoms with Crippen LogP contribution in [0.4, 0.5) is 5.82 Å². The number of anilines is 1. The van der Waals surface area contributed by atoms with Crippen molar-refractivity contribution in [1.82, 2.24) is 4.98 Å². The minimum atomic E-state index is 0.458. The molecule has 0 aliphatic carbocycles. The largest absolute Gasteiger partial charge is 0.351 e. The van der Waals surface area contributed by atoms with Crippen LogP contribution in [0.2, 0.25) is 5.02 Å². The van der Waals surface area contributed by atoms with Gasteiger partial charge in [0.15, 0.2) is 0 Å². The van der Waals surface area contributed by atoms with E-state index in [4.69, 9.17) is 16.9 Å². The molecule has 0 radical (unpaired) electrons. The molecule has 82 valence electrons. The molecule has 0 aromatic carbocycles. The van der Waals surface area contributed by atoms with Gasteiger partial charge in [-0.3, -0.25) is 0 Å². The van der Waals surface area contributed by atoms with Crippen molar-refractivity contribution in [3.05, 3.63) is 34.5 Å². The number of nitriles is 1. The summed E-state index contributed by atoms with van der Waals surface area (Å²) in [5.74, 6) is 0.716. The van der Waals surface area contributed by atoms with E-state index in [2.05, 4.69) is 29.0 Å². The normalized spacial score (nSPS) is 15.6. The average molecular weight is 234 g/mol. The van der Waals surface area contributed by atoms with E-state index < -0.39 is 0 Å². The van der Waals surface area contributed by atoms with E-state index in [1.165, 1.54) is 5.57 Å². The Labute approximate surface area is 100.0 Å². The van der Waals surface area contributed by atoms with Gasteiger partial charge in [-0.1, -0.05) is 23.3 Å². The van der Waals surface area contributed by atoms with Crippen LogP contribution < -0.4 is 4.90 Å². The average Bonchev–Trinajstić information content (AvgIpc) is 2.29. The minimum Gasteiger partial charge on any atom is -0.351 e. The summed E-state index contributed by atoms with van der Waals surface area (Å²) in [4.78, 5) is 6.37. The lowest BCUT2D eigenvalue weighted by Crippen LogP contribution is -2.30. The van der Waals surface area contributed by atoms with Gasteiger partial charge in [0.2, 0.25) is 0 Å². The van der Waals surface area contributed by atoms with E-state index in [1.807, 2.05) is 0 Å². The zero-order chi connectivity index (χ0) is 11.5. The van der Waals surface area contributed by atoms with Gasteiger partial charge in [0.05, 0.1) is 5.56 Å². The molecule has 0 N–H and O–H groups in total. The first-order valence-electron chi connectivity index (χ1n) is 5.17. The van der Waals surface area contributed by atoms with Crippen molar-refractivity contribution < 1.29 is 0 Å². The molecule has 0 unspecified atom stereocenters. The van der Waals surface area contributed by atoms with Crippen LogP contribution in [-0.4, -0.2) is 18.1 Å². The molecule has 0 amide bonds. The predicted octanol–water partition coefficient (Wildman–Crippen LogP) is 2.76. The molecule has 1 aromatic heterocycles. The first-order chi connectivity index (χ1) is 7.72. The second-order valence-corrected chi connectivity index (χ2v) is 4.25. The topological polar surface area (TPSA) is 39.9 Å². The molecule has 0 saturated carbocycles. The molecule has 4 heteroatoms. The molecule has 3 nitrogen and oxygen atoms in total. The minimum absolute atomic E-state index is 0.458. The van der Waals surface area contributed by atoms with Gasteiger partial charge in [0.25, 0.3) is 0 Å². The molecular weight excluding hydrogens is 222 g/mol. The molecule has 0 atom stereocenters. The van der Waals surface area contributed by atoms with E-state index >= 15 is 0 Å². The molecule has 0 spiro atoms. The van der Waals surface area contributed by atoms with Crippen molar-refractivity contribution in [2.24, 2.45) is 0 Å². The van der Waals surface area contributed by atoms with E-state index in [0.717, 1.165) is 19.5 Å². The molecular formula is C12H12ClN3. The number of nitrogens with zero attached hydrogens (tertiary/aromatic N) is 3. The fourth-order valence-electron chi connectivity index (χ4n) is 1.83. The first-order valence-corrected chi connectivity index (χ1v) is 5.55. The summed E-state index contributed by atoms with van der Waals surface area (Å²) in [5.41, 5.74) is 1.80. The Morgan fingerprint density at radius 1 is 1.56 bits per heavy atom. The lowest BCUT2D eigenvalue weighted by Gasteiger charge is -2.27. The van der Waals surface area contributed by atoms with Crippen molar-refractivity contribution in [3.8, 4) is 6.07 Å². The Bertz CT molecular complexity index is 474. The molecule has 0 bridgehead atoms. The van der Waals surface area contributed by atoms with Gasteiger partial charge in [-0.15, -0.1) is 0 Å². The summed E-state index contributed by atoms with van der Waals surface area (Å²) < 4.78 is 0. The summed E-state index contributed by atoms with van der Waals surface area (Å²) in [6, 6.07) is 3.71. The van der Waals surface area contributed by atoms with Gasteiger partial charge in [-0.25, -0.2) is 4.98 Å². The lowest BCUT2D eigenvalue weighted by molar-refractivity contribution is 0.778. The third-order valence-corrected chi connectivity index (χ3v) is 3.00. The number of halogens is 1. The van der Waals surface area contributed by atoms with Gasteiger partial charge in [0, 0.05) is 19.3 Å². The van der Waals surface area contributed by atoms with Crippen molar-refractivity contribution in [2.75, 3.05) is 18.0 Å². The van der Waals surface area contributed by atoms with Gasteiger partial charge < -0.3 is 4.90 Å². The highest BCUT2D eigenvalue weighted by molar-refractivity contribution is 6.34. The van der Waals surface area contributed by atoms with Crippen molar-refractivity contribution >= 4 is 17.4 Å². The Hall–Kier alpha value is -1.53. The van der Waals surface area contributed by atoms with Crippen molar-refractivity contribution in [3.63, 3.8) is 0 Å². The fourth-order valence-corrected chi connectivity index (χ4v) is 2.11. The molecule has 2 heterocycles. The molecule has 16 heavy (non-hydrogen) atoms. The van der Waals surface area contributed by atoms with Crippen LogP contribution in [0, 0.1) is 11.3 Å². The van der Waals surface area contributed by atoms with Crippen LogP contribution in [0.1, 0.15) is 18.9 Å². The summed E-state index contributed by atoms with van der Waals surface area (Å²) in [6.07, 6.45) is 4.85. The predicted molar refractivity (Wildman–Crippen MR) is 64.5 cm³/mol. The SMILES string of the molecule is CC1=CCCN(c2nccc(C#N)c2Cl)C1. The molecule has 0 saturated heterocycles. The molecule has 1 aliphatic rings. The quantitative estimate of drug-likeness (QED) is 0.701. The van der Waals surface area contributed by atoms with Crippen molar-refractivity contribution in [2.45, 2.75) is 13.3 Å². The summed E-state index contributed by atoms with van der Waals surface area (Å²) in [6.45, 7) is 3.83. The third kappa shape index (κ3) is 2.02. The standard InChI is InChI=1S/C12H12ClN3/c1-9-3-2-6-16(8-9)12-11(13)10(7-14)4-5-15-12/h3-5H,2,6,8H2,1H3. The summed E-state index contributed by atoms with van der Waals surface area (Å²) in [5, 5.41) is 9.36. The van der Waals surface area contributed by atoms with Crippen LogP contribution in [0.3, 0.4) is 0 Å². The highest BCUT2D eigenvalue weighted by Gasteiger charge is 2.16. The van der Waals surface area contributed by atoms with Gasteiger partial charge in [-0.05, 0) is 19.4 Å². The molecule has 1 aromatic rings. The highest BCUT2D eigenvalue weighted by atomic mass is 35.5. The number of hydrogen-bond donors (Lipinski definition) is 0. The zero-order valence-corrected chi connectivity index (χ0v) is 9.83. The van der Waals surface area contributed by atoms with E-state index in [1.54, 1.807) is 12.3 Å². The Balaban J connectivity index is 2.35. The maximum atomic E-state index is 8.90.